The standard InChI is InChI=1S/C49H39N3Si2/c1-53(2)43-29-35(32-15-8-5-9-16-32)23-26-38(43)39-28-25-37(31-44(39)53)48-50-47(34-19-12-7-13-20-34)51-49(52-48)42-22-14-21-41-40-27-24-36(33-17-10-6-11-18-33)30-45(40)54(3,4)46(41)42/h5-31H,1-4H3. The Labute approximate surface area is 319 Å². The Kier molecular flexibility index (Phi) is 7.41. The first kappa shape index (κ1) is 32.6. The van der Waals surface area contributed by atoms with E-state index in [-0.39, 0.29) is 0 Å². The van der Waals surface area contributed by atoms with Gasteiger partial charge in [-0.1, -0.05) is 190 Å². The van der Waals surface area contributed by atoms with Crippen molar-refractivity contribution in [2.75, 3.05) is 0 Å². The molecule has 0 N–H and O–H groups in total. The molecule has 3 nitrogen and oxygen atoms in total. The molecule has 3 heterocycles. The summed E-state index contributed by atoms with van der Waals surface area (Å²) in [5.74, 6) is 2.15. The lowest BCUT2D eigenvalue weighted by Gasteiger charge is -2.22. The molecule has 0 amide bonds. The third-order valence-electron chi connectivity index (χ3n) is 11.7. The number of nitrogens with zero attached hydrogens (tertiary/aromatic N) is 3. The van der Waals surface area contributed by atoms with Crippen molar-refractivity contribution in [3.8, 4) is 78.7 Å². The van der Waals surface area contributed by atoms with Gasteiger partial charge in [-0.2, -0.15) is 0 Å². The predicted molar refractivity (Wildman–Crippen MR) is 231 cm³/mol. The molecular weight excluding hydrogens is 687 g/mol. The van der Waals surface area contributed by atoms with E-state index in [4.69, 9.17) is 15.0 Å². The summed E-state index contributed by atoms with van der Waals surface area (Å²) in [6.07, 6.45) is 0. The fourth-order valence-corrected chi connectivity index (χ4v) is 15.4. The number of rotatable bonds is 5. The highest BCUT2D eigenvalue weighted by Crippen LogP contribution is 2.37. The van der Waals surface area contributed by atoms with Crippen LogP contribution in [0.1, 0.15) is 0 Å². The van der Waals surface area contributed by atoms with Gasteiger partial charge in [0.15, 0.2) is 17.5 Å². The maximum Gasteiger partial charge on any atom is 0.164 e. The highest BCUT2D eigenvalue weighted by molar-refractivity contribution is 7.05. The SMILES string of the molecule is C[Si]1(C)c2cc(-c3ccccc3)ccc2-c2ccc(-c3nc(-c4ccccc4)nc(-c4cccc5c4[Si](C)(C)c4cc(-c6ccccc6)ccc4-5)n3)cc21. The van der Waals surface area contributed by atoms with Gasteiger partial charge in [-0.05, 0) is 65.3 Å². The Hall–Kier alpha value is -6.02. The lowest BCUT2D eigenvalue weighted by atomic mass is 9.99. The van der Waals surface area contributed by atoms with E-state index >= 15 is 0 Å². The van der Waals surface area contributed by atoms with E-state index in [1.165, 1.54) is 65.3 Å². The molecule has 8 aromatic rings. The van der Waals surface area contributed by atoms with Crippen molar-refractivity contribution in [1.82, 2.24) is 15.0 Å². The molecule has 0 fully saturated rings. The van der Waals surface area contributed by atoms with E-state index in [2.05, 4.69) is 184 Å². The van der Waals surface area contributed by atoms with Crippen LogP contribution in [-0.2, 0) is 0 Å². The average Bonchev–Trinajstić information content (AvgIpc) is 3.60. The number of aromatic nitrogens is 3. The van der Waals surface area contributed by atoms with E-state index < -0.39 is 16.1 Å². The molecular formula is C49H39N3Si2. The van der Waals surface area contributed by atoms with Crippen LogP contribution in [0.4, 0.5) is 0 Å². The molecule has 0 bridgehead atoms. The molecule has 0 unspecified atom stereocenters. The zero-order chi connectivity index (χ0) is 36.6. The quantitative estimate of drug-likeness (QED) is 0.166. The van der Waals surface area contributed by atoms with Crippen LogP contribution in [0.2, 0.25) is 26.2 Å². The second-order valence-corrected chi connectivity index (χ2v) is 24.3. The first-order valence-electron chi connectivity index (χ1n) is 18.8. The van der Waals surface area contributed by atoms with Crippen LogP contribution < -0.4 is 20.7 Å². The molecule has 0 atom stereocenters. The molecule has 0 aliphatic carbocycles. The van der Waals surface area contributed by atoms with E-state index in [0.717, 1.165) is 22.5 Å². The van der Waals surface area contributed by atoms with Crippen LogP contribution in [0.5, 0.6) is 0 Å². The molecule has 0 saturated carbocycles. The zero-order valence-electron chi connectivity index (χ0n) is 30.9. The first-order valence-corrected chi connectivity index (χ1v) is 24.8. The number of fused-ring (bicyclic) bond motifs is 6. The summed E-state index contributed by atoms with van der Waals surface area (Å²) < 4.78 is 0. The van der Waals surface area contributed by atoms with Crippen LogP contribution in [0.3, 0.4) is 0 Å². The minimum absolute atomic E-state index is 0.697. The van der Waals surface area contributed by atoms with Crippen molar-refractivity contribution in [2.24, 2.45) is 0 Å². The molecule has 2 aliphatic heterocycles. The molecule has 2 aliphatic rings. The first-order chi connectivity index (χ1) is 26.3. The van der Waals surface area contributed by atoms with Crippen molar-refractivity contribution < 1.29 is 0 Å². The van der Waals surface area contributed by atoms with Crippen molar-refractivity contribution >= 4 is 36.9 Å². The third kappa shape index (κ3) is 5.11. The third-order valence-corrected chi connectivity index (χ3v) is 18.8. The van der Waals surface area contributed by atoms with Gasteiger partial charge in [0.05, 0.1) is 0 Å². The van der Waals surface area contributed by atoms with Gasteiger partial charge < -0.3 is 0 Å². The molecule has 0 spiro atoms. The van der Waals surface area contributed by atoms with Gasteiger partial charge in [0.2, 0.25) is 0 Å². The molecule has 54 heavy (non-hydrogen) atoms. The highest BCUT2D eigenvalue weighted by Gasteiger charge is 2.41. The second-order valence-electron chi connectivity index (χ2n) is 15.7. The lowest BCUT2D eigenvalue weighted by Crippen LogP contribution is -2.50. The fraction of sp³-hybridized carbons (Fsp3) is 0.0816. The molecule has 258 valence electrons. The Morgan fingerprint density at radius 1 is 0.296 bits per heavy atom. The van der Waals surface area contributed by atoms with E-state index in [9.17, 15) is 0 Å². The molecule has 5 heteroatoms. The van der Waals surface area contributed by atoms with E-state index in [1.54, 1.807) is 0 Å². The van der Waals surface area contributed by atoms with Gasteiger partial charge in [0.1, 0.15) is 16.1 Å². The van der Waals surface area contributed by atoms with Crippen LogP contribution in [0, 0.1) is 0 Å². The molecule has 10 rings (SSSR count). The minimum Gasteiger partial charge on any atom is -0.208 e. The van der Waals surface area contributed by atoms with Crippen LogP contribution in [-0.4, -0.2) is 31.1 Å². The van der Waals surface area contributed by atoms with Crippen molar-refractivity contribution in [3.05, 3.63) is 164 Å². The van der Waals surface area contributed by atoms with Gasteiger partial charge in [-0.25, -0.2) is 15.0 Å². The monoisotopic (exact) mass is 725 g/mol. The largest absolute Gasteiger partial charge is 0.208 e. The Morgan fingerprint density at radius 3 is 1.26 bits per heavy atom. The van der Waals surface area contributed by atoms with E-state index in [1.807, 2.05) is 6.07 Å². The topological polar surface area (TPSA) is 38.7 Å². The lowest BCUT2D eigenvalue weighted by molar-refractivity contribution is 1.08. The molecule has 0 saturated heterocycles. The summed E-state index contributed by atoms with van der Waals surface area (Å²) in [6, 6.07) is 59.4. The zero-order valence-corrected chi connectivity index (χ0v) is 32.9. The Balaban J connectivity index is 1.11. The summed E-state index contributed by atoms with van der Waals surface area (Å²) in [6.45, 7) is 9.91. The van der Waals surface area contributed by atoms with Gasteiger partial charge >= 0.3 is 0 Å². The highest BCUT2D eigenvalue weighted by atomic mass is 28.3. The summed E-state index contributed by atoms with van der Waals surface area (Å²) >= 11 is 0. The summed E-state index contributed by atoms with van der Waals surface area (Å²) in [5, 5.41) is 5.78. The number of hydrogen-bond donors (Lipinski definition) is 0. The molecule has 7 aromatic carbocycles. The predicted octanol–water partition coefficient (Wildman–Crippen LogP) is 9.81. The smallest absolute Gasteiger partial charge is 0.164 e. The number of hydrogen-bond acceptors (Lipinski definition) is 3. The van der Waals surface area contributed by atoms with Crippen LogP contribution >= 0.6 is 0 Å². The fourth-order valence-electron chi connectivity index (χ4n) is 8.91. The Bertz CT molecular complexity index is 2760. The molecule has 1 aromatic heterocycles. The number of benzene rings is 7. The van der Waals surface area contributed by atoms with Gasteiger partial charge in [0, 0.05) is 16.7 Å². The van der Waals surface area contributed by atoms with Crippen molar-refractivity contribution in [2.45, 2.75) is 26.2 Å². The summed E-state index contributed by atoms with van der Waals surface area (Å²) in [4.78, 5) is 15.8. The molecule has 0 radical (unpaired) electrons. The van der Waals surface area contributed by atoms with Gasteiger partial charge in [-0.15, -0.1) is 0 Å². The average molecular weight is 726 g/mol. The second kappa shape index (κ2) is 12.3. The maximum absolute atomic E-state index is 5.36. The Morgan fingerprint density at radius 2 is 0.704 bits per heavy atom. The van der Waals surface area contributed by atoms with Crippen LogP contribution in [0.15, 0.2) is 164 Å². The summed E-state index contributed by atoms with van der Waals surface area (Å²) in [7, 11) is -4.19. The van der Waals surface area contributed by atoms with Gasteiger partial charge in [-0.3, -0.25) is 0 Å². The maximum atomic E-state index is 5.36. The minimum atomic E-state index is -2.16. The van der Waals surface area contributed by atoms with Crippen molar-refractivity contribution in [1.29, 1.82) is 0 Å². The van der Waals surface area contributed by atoms with E-state index in [0.29, 0.717) is 11.6 Å². The van der Waals surface area contributed by atoms with Crippen molar-refractivity contribution in [3.63, 3.8) is 0 Å². The summed E-state index contributed by atoms with van der Waals surface area (Å²) in [5.41, 5.74) is 13.5. The van der Waals surface area contributed by atoms with Gasteiger partial charge in [0.25, 0.3) is 0 Å². The van der Waals surface area contributed by atoms with Crippen LogP contribution in [0.25, 0.3) is 78.7 Å². The normalized spacial score (nSPS) is 14.2.